The molecule has 2 fully saturated rings. The fraction of sp³-hybridized carbons (Fsp3) is 0.929. The Labute approximate surface area is 110 Å². The molecule has 104 valence electrons. The van der Waals surface area contributed by atoms with Gasteiger partial charge < -0.3 is 15.8 Å². The van der Waals surface area contributed by atoms with E-state index in [0.717, 1.165) is 45.1 Å². The molecule has 1 saturated carbocycles. The summed E-state index contributed by atoms with van der Waals surface area (Å²) >= 11 is 0. The summed E-state index contributed by atoms with van der Waals surface area (Å²) in [5, 5.41) is 3.11. The standard InChI is InChI=1S/C14H26N2O2/c1-10(13-8-5-9-18-13)16-14(17)11-6-3-2-4-7-12(11)15/h10-13H,2-9,15H2,1H3,(H,16,17). The van der Waals surface area contributed by atoms with Crippen molar-refractivity contribution in [1.82, 2.24) is 5.32 Å². The average Bonchev–Trinajstić information content (AvgIpc) is 2.79. The van der Waals surface area contributed by atoms with Gasteiger partial charge in [0, 0.05) is 12.6 Å². The van der Waals surface area contributed by atoms with Crippen molar-refractivity contribution in [1.29, 1.82) is 0 Å². The van der Waals surface area contributed by atoms with Gasteiger partial charge in [0.15, 0.2) is 0 Å². The molecule has 1 saturated heterocycles. The van der Waals surface area contributed by atoms with Crippen molar-refractivity contribution in [3.63, 3.8) is 0 Å². The van der Waals surface area contributed by atoms with Gasteiger partial charge in [-0.05, 0) is 32.6 Å². The Kier molecular flexibility index (Phi) is 5.01. The lowest BCUT2D eigenvalue weighted by molar-refractivity contribution is -0.127. The molecule has 4 heteroatoms. The maximum Gasteiger partial charge on any atom is 0.224 e. The molecule has 0 aromatic rings. The summed E-state index contributed by atoms with van der Waals surface area (Å²) in [6, 6.07) is 0.139. The minimum absolute atomic E-state index is 0.00338. The Morgan fingerprint density at radius 3 is 2.72 bits per heavy atom. The Morgan fingerprint density at radius 2 is 2.00 bits per heavy atom. The van der Waals surface area contributed by atoms with Crippen LogP contribution in [0, 0.1) is 5.92 Å². The van der Waals surface area contributed by atoms with Gasteiger partial charge in [0.05, 0.1) is 18.1 Å². The van der Waals surface area contributed by atoms with Gasteiger partial charge >= 0.3 is 0 Å². The Bertz CT molecular complexity index is 277. The number of hydrogen-bond acceptors (Lipinski definition) is 3. The van der Waals surface area contributed by atoms with Gasteiger partial charge in [-0.15, -0.1) is 0 Å². The van der Waals surface area contributed by atoms with Crippen molar-refractivity contribution in [2.24, 2.45) is 11.7 Å². The third kappa shape index (κ3) is 3.45. The molecule has 2 rings (SSSR count). The molecule has 0 aromatic carbocycles. The fourth-order valence-corrected chi connectivity index (χ4v) is 3.08. The van der Waals surface area contributed by atoms with Crippen molar-refractivity contribution in [2.75, 3.05) is 6.61 Å². The van der Waals surface area contributed by atoms with Gasteiger partial charge in [-0.2, -0.15) is 0 Å². The summed E-state index contributed by atoms with van der Waals surface area (Å²) in [5.41, 5.74) is 6.12. The molecule has 18 heavy (non-hydrogen) atoms. The highest BCUT2D eigenvalue weighted by atomic mass is 16.5. The molecule has 0 spiro atoms. The Hall–Kier alpha value is -0.610. The quantitative estimate of drug-likeness (QED) is 0.752. The molecule has 3 N–H and O–H groups in total. The SMILES string of the molecule is CC(NC(=O)C1CCCCCC1N)C1CCCO1. The van der Waals surface area contributed by atoms with Crippen LogP contribution in [0.15, 0.2) is 0 Å². The lowest BCUT2D eigenvalue weighted by Crippen LogP contribution is -2.47. The van der Waals surface area contributed by atoms with E-state index >= 15 is 0 Å². The molecule has 1 amide bonds. The average molecular weight is 254 g/mol. The zero-order valence-electron chi connectivity index (χ0n) is 11.4. The predicted octanol–water partition coefficient (Wildman–Crippen LogP) is 1.58. The Balaban J connectivity index is 1.85. The molecule has 1 aliphatic carbocycles. The molecule has 1 aliphatic heterocycles. The minimum Gasteiger partial charge on any atom is -0.376 e. The smallest absolute Gasteiger partial charge is 0.224 e. The zero-order chi connectivity index (χ0) is 13.0. The first-order valence-electron chi connectivity index (χ1n) is 7.36. The number of amides is 1. The van der Waals surface area contributed by atoms with Gasteiger partial charge in [0.2, 0.25) is 5.91 Å². The van der Waals surface area contributed by atoms with E-state index in [9.17, 15) is 4.79 Å². The van der Waals surface area contributed by atoms with Crippen LogP contribution in [0.3, 0.4) is 0 Å². The molecule has 4 nitrogen and oxygen atoms in total. The zero-order valence-corrected chi connectivity index (χ0v) is 11.4. The van der Waals surface area contributed by atoms with E-state index in [-0.39, 0.29) is 30.0 Å². The maximum atomic E-state index is 12.3. The third-order valence-corrected chi connectivity index (χ3v) is 4.30. The number of carbonyl (C=O) groups excluding carboxylic acids is 1. The molecule has 4 atom stereocenters. The van der Waals surface area contributed by atoms with Gasteiger partial charge in [0.1, 0.15) is 0 Å². The monoisotopic (exact) mass is 254 g/mol. The first kappa shape index (κ1) is 13.8. The van der Waals surface area contributed by atoms with Crippen LogP contribution < -0.4 is 11.1 Å². The van der Waals surface area contributed by atoms with Crippen LogP contribution in [-0.2, 0) is 9.53 Å². The molecular weight excluding hydrogens is 228 g/mol. The highest BCUT2D eigenvalue weighted by molar-refractivity contribution is 5.79. The van der Waals surface area contributed by atoms with Crippen LogP contribution in [-0.4, -0.2) is 30.7 Å². The summed E-state index contributed by atoms with van der Waals surface area (Å²) < 4.78 is 5.61. The fourth-order valence-electron chi connectivity index (χ4n) is 3.08. The normalized spacial score (nSPS) is 34.9. The molecule has 1 heterocycles. The number of hydrogen-bond donors (Lipinski definition) is 2. The highest BCUT2D eigenvalue weighted by Gasteiger charge is 2.30. The first-order chi connectivity index (χ1) is 8.68. The molecule has 0 radical (unpaired) electrons. The number of nitrogens with two attached hydrogens (primary N) is 1. The van der Waals surface area contributed by atoms with E-state index in [2.05, 4.69) is 5.32 Å². The topological polar surface area (TPSA) is 64.4 Å². The molecular formula is C14H26N2O2. The minimum atomic E-state index is -0.00338. The van der Waals surface area contributed by atoms with Crippen LogP contribution in [0.25, 0.3) is 0 Å². The second kappa shape index (κ2) is 6.53. The van der Waals surface area contributed by atoms with Gasteiger partial charge in [0.25, 0.3) is 0 Å². The van der Waals surface area contributed by atoms with E-state index in [1.54, 1.807) is 0 Å². The van der Waals surface area contributed by atoms with E-state index in [1.165, 1.54) is 6.42 Å². The Morgan fingerprint density at radius 1 is 1.22 bits per heavy atom. The van der Waals surface area contributed by atoms with E-state index < -0.39 is 0 Å². The summed E-state index contributed by atoms with van der Waals surface area (Å²) in [6.07, 6.45) is 7.75. The molecule has 0 bridgehead atoms. The second-order valence-corrected chi connectivity index (χ2v) is 5.76. The lowest BCUT2D eigenvalue weighted by Gasteiger charge is -2.25. The number of rotatable bonds is 3. The van der Waals surface area contributed by atoms with Crippen LogP contribution in [0.4, 0.5) is 0 Å². The first-order valence-corrected chi connectivity index (χ1v) is 7.36. The van der Waals surface area contributed by atoms with Crippen molar-refractivity contribution < 1.29 is 9.53 Å². The summed E-state index contributed by atoms with van der Waals surface area (Å²) in [7, 11) is 0. The predicted molar refractivity (Wildman–Crippen MR) is 71.1 cm³/mol. The van der Waals surface area contributed by atoms with Crippen molar-refractivity contribution in [3.05, 3.63) is 0 Å². The molecule has 2 aliphatic rings. The van der Waals surface area contributed by atoms with Gasteiger partial charge in [-0.3, -0.25) is 4.79 Å². The highest BCUT2D eigenvalue weighted by Crippen LogP contribution is 2.23. The van der Waals surface area contributed by atoms with Crippen molar-refractivity contribution in [3.8, 4) is 0 Å². The summed E-state index contributed by atoms with van der Waals surface area (Å²) in [6.45, 7) is 2.87. The van der Waals surface area contributed by atoms with Crippen LogP contribution in [0.5, 0.6) is 0 Å². The second-order valence-electron chi connectivity index (χ2n) is 5.76. The summed E-state index contributed by atoms with van der Waals surface area (Å²) in [5.74, 6) is 0.128. The lowest BCUT2D eigenvalue weighted by atomic mass is 9.94. The third-order valence-electron chi connectivity index (χ3n) is 4.30. The van der Waals surface area contributed by atoms with Gasteiger partial charge in [-0.1, -0.05) is 19.3 Å². The van der Waals surface area contributed by atoms with E-state index in [4.69, 9.17) is 10.5 Å². The number of nitrogens with one attached hydrogen (secondary N) is 1. The molecule has 4 unspecified atom stereocenters. The van der Waals surface area contributed by atoms with Crippen LogP contribution in [0.1, 0.15) is 51.9 Å². The summed E-state index contributed by atoms with van der Waals surface area (Å²) in [4.78, 5) is 12.3. The number of ether oxygens (including phenoxy) is 1. The van der Waals surface area contributed by atoms with Gasteiger partial charge in [-0.25, -0.2) is 0 Å². The van der Waals surface area contributed by atoms with Crippen LogP contribution in [0.2, 0.25) is 0 Å². The van der Waals surface area contributed by atoms with Crippen molar-refractivity contribution >= 4 is 5.91 Å². The number of carbonyl (C=O) groups is 1. The van der Waals surface area contributed by atoms with E-state index in [1.807, 2.05) is 6.92 Å². The maximum absolute atomic E-state index is 12.3. The van der Waals surface area contributed by atoms with Crippen molar-refractivity contribution in [2.45, 2.75) is 70.1 Å². The van der Waals surface area contributed by atoms with E-state index in [0.29, 0.717) is 0 Å². The largest absolute Gasteiger partial charge is 0.376 e. The molecule has 0 aromatic heterocycles. The van der Waals surface area contributed by atoms with Crippen LogP contribution >= 0.6 is 0 Å².